The molecule has 116 valence electrons. The summed E-state index contributed by atoms with van der Waals surface area (Å²) >= 11 is 0. The van der Waals surface area contributed by atoms with Crippen LogP contribution in [-0.4, -0.2) is 22.8 Å². The molecule has 0 amide bonds. The summed E-state index contributed by atoms with van der Waals surface area (Å²) in [7, 11) is 0. The van der Waals surface area contributed by atoms with Crippen LogP contribution in [0.5, 0.6) is 0 Å². The van der Waals surface area contributed by atoms with E-state index in [0.29, 0.717) is 12.3 Å². The molecule has 3 heteroatoms. The summed E-state index contributed by atoms with van der Waals surface area (Å²) < 4.78 is 5.44. The number of hydrogen-bond donors (Lipinski definition) is 1. The number of unbranched alkanes of at least 4 members (excludes halogenated alkanes) is 1. The number of aliphatic hydroxyl groups excluding tert-OH is 1. The molecule has 0 bridgehead atoms. The van der Waals surface area contributed by atoms with Gasteiger partial charge in [-0.15, -0.1) is 0 Å². The Morgan fingerprint density at radius 3 is 2.65 bits per heavy atom. The minimum atomic E-state index is -0.785. The number of rotatable bonds is 8. The van der Waals surface area contributed by atoms with Crippen LogP contribution in [0, 0.1) is 5.92 Å². The van der Waals surface area contributed by atoms with Crippen LogP contribution in [0.4, 0.5) is 0 Å². The molecule has 3 nitrogen and oxygen atoms in total. The van der Waals surface area contributed by atoms with Crippen molar-refractivity contribution in [2.45, 2.75) is 84.3 Å². The molecule has 1 saturated heterocycles. The van der Waals surface area contributed by atoms with E-state index in [-0.39, 0.29) is 12.4 Å². The monoisotopic (exact) mass is 282 g/mol. The Kier molecular flexibility index (Phi) is 6.74. The average molecular weight is 282 g/mol. The predicted octanol–water partition coefficient (Wildman–Crippen LogP) is 4.00. The highest BCUT2D eigenvalue weighted by Gasteiger charge is 2.45. The molecule has 3 atom stereocenters. The van der Waals surface area contributed by atoms with E-state index < -0.39 is 11.7 Å². The van der Waals surface area contributed by atoms with Crippen LogP contribution < -0.4 is 0 Å². The zero-order valence-electron chi connectivity index (χ0n) is 13.4. The van der Waals surface area contributed by atoms with E-state index in [1.165, 1.54) is 24.8 Å². The summed E-state index contributed by atoms with van der Waals surface area (Å²) in [6.45, 7) is 8.58. The van der Waals surface area contributed by atoms with Crippen LogP contribution in [0.2, 0.25) is 0 Å². The maximum Gasteiger partial charge on any atom is 0.309 e. The Morgan fingerprint density at radius 2 is 2.20 bits per heavy atom. The third-order valence-corrected chi connectivity index (χ3v) is 4.34. The molecule has 0 aliphatic carbocycles. The van der Waals surface area contributed by atoms with E-state index in [1.807, 2.05) is 13.0 Å². The number of allylic oxidation sites excluding steroid dienone is 1. The molecule has 0 radical (unpaired) electrons. The maximum atomic E-state index is 11.4. The van der Waals surface area contributed by atoms with Gasteiger partial charge in [-0.25, -0.2) is 0 Å². The van der Waals surface area contributed by atoms with Crippen molar-refractivity contribution in [2.75, 3.05) is 0 Å². The molecule has 0 spiro atoms. The van der Waals surface area contributed by atoms with Gasteiger partial charge in [-0.2, -0.15) is 0 Å². The van der Waals surface area contributed by atoms with Crippen LogP contribution in [0.15, 0.2) is 11.6 Å². The minimum absolute atomic E-state index is 0.118. The average Bonchev–Trinajstić information content (AvgIpc) is 2.70. The Hall–Kier alpha value is -0.830. The largest absolute Gasteiger partial charge is 0.452 e. The molecule has 1 N–H and O–H groups in total. The Bertz CT molecular complexity index is 348. The summed E-state index contributed by atoms with van der Waals surface area (Å²) in [5.41, 5.74) is 0.511. The Morgan fingerprint density at radius 1 is 1.50 bits per heavy atom. The molecule has 0 saturated carbocycles. The van der Waals surface area contributed by atoms with Crippen LogP contribution in [0.1, 0.15) is 72.6 Å². The van der Waals surface area contributed by atoms with Gasteiger partial charge in [0, 0.05) is 0 Å². The highest BCUT2D eigenvalue weighted by Crippen LogP contribution is 2.34. The molecule has 1 aliphatic heterocycles. The lowest BCUT2D eigenvalue weighted by Crippen LogP contribution is -2.37. The van der Waals surface area contributed by atoms with Crippen molar-refractivity contribution in [1.29, 1.82) is 0 Å². The zero-order chi connectivity index (χ0) is 15.2. The minimum Gasteiger partial charge on any atom is -0.452 e. The van der Waals surface area contributed by atoms with Gasteiger partial charge in [0.2, 0.25) is 0 Å². The number of cyclic esters (lactones) is 1. The molecule has 1 fully saturated rings. The lowest BCUT2D eigenvalue weighted by Gasteiger charge is -2.28. The van der Waals surface area contributed by atoms with Crippen molar-refractivity contribution in [3.05, 3.63) is 11.6 Å². The van der Waals surface area contributed by atoms with Gasteiger partial charge in [-0.05, 0) is 31.3 Å². The molecular formula is C17H30O3. The normalized spacial score (nSPS) is 28.6. The lowest BCUT2D eigenvalue weighted by molar-refractivity contribution is -0.146. The van der Waals surface area contributed by atoms with E-state index in [4.69, 9.17) is 4.74 Å². The number of carbonyl (C=O) groups excluding carboxylic acids is 1. The van der Waals surface area contributed by atoms with Gasteiger partial charge >= 0.3 is 5.97 Å². The van der Waals surface area contributed by atoms with E-state index >= 15 is 0 Å². The fourth-order valence-electron chi connectivity index (χ4n) is 2.94. The Balaban J connectivity index is 2.78. The van der Waals surface area contributed by atoms with E-state index in [1.54, 1.807) is 0 Å². The molecule has 1 heterocycles. The number of hydrogen-bond acceptors (Lipinski definition) is 3. The number of ether oxygens (including phenoxy) is 1. The second-order valence-electron chi connectivity index (χ2n) is 6.11. The van der Waals surface area contributed by atoms with Gasteiger partial charge < -0.3 is 9.84 Å². The van der Waals surface area contributed by atoms with E-state index in [0.717, 1.165) is 12.8 Å². The van der Waals surface area contributed by atoms with Crippen molar-refractivity contribution in [2.24, 2.45) is 5.92 Å². The third-order valence-electron chi connectivity index (χ3n) is 4.34. The SMILES string of the molecule is CCCCC(C)C/C(=C/[C@]1(CC)OC(=O)C[C@@H]1O)CC. The third kappa shape index (κ3) is 4.34. The second-order valence-corrected chi connectivity index (χ2v) is 6.11. The molecule has 0 aromatic carbocycles. The summed E-state index contributed by atoms with van der Waals surface area (Å²) in [5.74, 6) is 0.356. The highest BCUT2D eigenvalue weighted by atomic mass is 16.6. The molecule has 0 aromatic heterocycles. The van der Waals surface area contributed by atoms with Crippen molar-refractivity contribution in [3.8, 4) is 0 Å². The van der Waals surface area contributed by atoms with Crippen molar-refractivity contribution < 1.29 is 14.6 Å². The van der Waals surface area contributed by atoms with Crippen molar-refractivity contribution >= 4 is 5.97 Å². The zero-order valence-corrected chi connectivity index (χ0v) is 13.4. The van der Waals surface area contributed by atoms with Gasteiger partial charge in [-0.1, -0.05) is 52.5 Å². The molecular weight excluding hydrogens is 252 g/mol. The van der Waals surface area contributed by atoms with Crippen LogP contribution in [-0.2, 0) is 9.53 Å². The van der Waals surface area contributed by atoms with Crippen molar-refractivity contribution in [1.82, 2.24) is 0 Å². The standard InChI is InChI=1S/C17H30O3/c1-5-8-9-13(4)10-14(6-2)12-17(7-3)15(18)11-16(19)20-17/h12-13,15,18H,5-11H2,1-4H3/b14-12+/t13?,15-,17-/m0/s1. The first-order chi connectivity index (χ1) is 9.47. The maximum absolute atomic E-state index is 11.4. The van der Waals surface area contributed by atoms with Crippen LogP contribution in [0.3, 0.4) is 0 Å². The fourth-order valence-corrected chi connectivity index (χ4v) is 2.94. The molecule has 20 heavy (non-hydrogen) atoms. The predicted molar refractivity (Wildman–Crippen MR) is 81.4 cm³/mol. The van der Waals surface area contributed by atoms with Gasteiger partial charge in [0.05, 0.1) is 6.42 Å². The van der Waals surface area contributed by atoms with Gasteiger partial charge in [0.25, 0.3) is 0 Å². The fraction of sp³-hybridized carbons (Fsp3) is 0.824. The topological polar surface area (TPSA) is 46.5 Å². The van der Waals surface area contributed by atoms with Crippen LogP contribution in [0.25, 0.3) is 0 Å². The summed E-state index contributed by atoms with van der Waals surface area (Å²) in [6.07, 6.45) is 7.78. The Labute approximate surface area is 123 Å². The van der Waals surface area contributed by atoms with Crippen LogP contribution >= 0.6 is 0 Å². The summed E-state index contributed by atoms with van der Waals surface area (Å²) in [4.78, 5) is 11.4. The van der Waals surface area contributed by atoms with E-state index in [9.17, 15) is 9.90 Å². The van der Waals surface area contributed by atoms with Gasteiger partial charge in [0.15, 0.2) is 5.60 Å². The highest BCUT2D eigenvalue weighted by molar-refractivity contribution is 5.74. The molecule has 1 unspecified atom stereocenters. The molecule has 0 aromatic rings. The number of carbonyl (C=O) groups is 1. The van der Waals surface area contributed by atoms with Gasteiger partial charge in [0.1, 0.15) is 6.10 Å². The first-order valence-corrected chi connectivity index (χ1v) is 8.07. The number of esters is 1. The summed E-state index contributed by atoms with van der Waals surface area (Å²) in [6, 6.07) is 0. The number of aliphatic hydroxyl groups is 1. The molecule has 1 rings (SSSR count). The quantitative estimate of drug-likeness (QED) is 0.541. The smallest absolute Gasteiger partial charge is 0.309 e. The summed E-state index contributed by atoms with van der Waals surface area (Å²) in [5, 5.41) is 10.1. The van der Waals surface area contributed by atoms with E-state index in [2.05, 4.69) is 20.8 Å². The first kappa shape index (κ1) is 17.2. The first-order valence-electron chi connectivity index (χ1n) is 8.07. The van der Waals surface area contributed by atoms with Crippen molar-refractivity contribution in [3.63, 3.8) is 0 Å². The lowest BCUT2D eigenvalue weighted by atomic mass is 9.87. The van der Waals surface area contributed by atoms with Gasteiger partial charge in [-0.3, -0.25) is 4.79 Å². The molecule has 1 aliphatic rings. The second kappa shape index (κ2) is 7.82.